The zero-order chi connectivity index (χ0) is 19.4. The van der Waals surface area contributed by atoms with Gasteiger partial charge in [-0.25, -0.2) is 0 Å². The molecule has 3 rings (SSSR count). The molecule has 1 saturated heterocycles. The van der Waals surface area contributed by atoms with Crippen LogP contribution < -0.4 is 20.5 Å². The normalized spacial score (nSPS) is 16.9. The summed E-state index contributed by atoms with van der Waals surface area (Å²) in [7, 11) is 3.27. The fourth-order valence-electron chi connectivity index (χ4n) is 3.42. The third-order valence-corrected chi connectivity index (χ3v) is 5.52. The van der Waals surface area contributed by atoms with Gasteiger partial charge in [0.25, 0.3) is 5.91 Å². The number of thiophene rings is 1. The average Bonchev–Trinajstić information content (AvgIpc) is 3.30. The lowest BCUT2D eigenvalue weighted by molar-refractivity contribution is -0.117. The van der Waals surface area contributed by atoms with Crippen LogP contribution in [0, 0.1) is 0 Å². The number of nitrogens with zero attached hydrogens (tertiary/aromatic N) is 1. The zero-order valence-electron chi connectivity index (χ0n) is 15.4. The SMILES string of the molecule is COc1ccc(OC)c([C@@H]2CCCN2CC(=O)Nc2sccc2C(N)=O)c1. The van der Waals surface area contributed by atoms with Crippen molar-refractivity contribution in [1.82, 2.24) is 4.90 Å². The van der Waals surface area contributed by atoms with Crippen molar-refractivity contribution in [2.75, 3.05) is 32.6 Å². The molecule has 1 atom stereocenters. The van der Waals surface area contributed by atoms with E-state index in [9.17, 15) is 9.59 Å². The van der Waals surface area contributed by atoms with Crippen LogP contribution in [0.1, 0.15) is 34.8 Å². The van der Waals surface area contributed by atoms with Crippen molar-refractivity contribution >= 4 is 28.2 Å². The molecule has 0 radical (unpaired) electrons. The summed E-state index contributed by atoms with van der Waals surface area (Å²) < 4.78 is 10.8. The van der Waals surface area contributed by atoms with Crippen LogP contribution in [0.4, 0.5) is 5.00 Å². The monoisotopic (exact) mass is 389 g/mol. The number of hydrogen-bond acceptors (Lipinski definition) is 6. The van der Waals surface area contributed by atoms with Crippen molar-refractivity contribution in [3.8, 4) is 11.5 Å². The number of ether oxygens (including phenoxy) is 2. The largest absolute Gasteiger partial charge is 0.497 e. The Morgan fingerprint density at radius 1 is 1.30 bits per heavy atom. The lowest BCUT2D eigenvalue weighted by atomic mass is 10.0. The van der Waals surface area contributed by atoms with Gasteiger partial charge in [0.05, 0.1) is 26.3 Å². The van der Waals surface area contributed by atoms with Crippen LogP contribution in [0.5, 0.6) is 11.5 Å². The molecule has 2 heterocycles. The molecule has 8 heteroatoms. The first kappa shape index (κ1) is 19.2. The van der Waals surface area contributed by atoms with E-state index in [1.807, 2.05) is 18.2 Å². The molecule has 27 heavy (non-hydrogen) atoms. The smallest absolute Gasteiger partial charge is 0.251 e. The predicted octanol–water partition coefficient (Wildman–Crippen LogP) is 2.64. The molecule has 2 amide bonds. The van der Waals surface area contributed by atoms with E-state index in [0.717, 1.165) is 36.4 Å². The molecular weight excluding hydrogens is 366 g/mol. The van der Waals surface area contributed by atoms with Gasteiger partial charge in [-0.2, -0.15) is 0 Å². The van der Waals surface area contributed by atoms with Crippen LogP contribution in [-0.2, 0) is 4.79 Å². The van der Waals surface area contributed by atoms with E-state index in [0.29, 0.717) is 10.6 Å². The number of hydrogen-bond donors (Lipinski definition) is 2. The van der Waals surface area contributed by atoms with Gasteiger partial charge in [0.2, 0.25) is 5.91 Å². The summed E-state index contributed by atoms with van der Waals surface area (Å²) in [5.74, 6) is 0.814. The quantitative estimate of drug-likeness (QED) is 0.759. The fourth-order valence-corrected chi connectivity index (χ4v) is 4.23. The highest BCUT2D eigenvalue weighted by Gasteiger charge is 2.30. The molecule has 3 N–H and O–H groups in total. The number of amides is 2. The van der Waals surface area contributed by atoms with Crippen LogP contribution >= 0.6 is 11.3 Å². The topological polar surface area (TPSA) is 93.9 Å². The Kier molecular flexibility index (Phi) is 5.98. The van der Waals surface area contributed by atoms with Crippen LogP contribution in [0.25, 0.3) is 0 Å². The van der Waals surface area contributed by atoms with Crippen molar-refractivity contribution in [2.45, 2.75) is 18.9 Å². The van der Waals surface area contributed by atoms with Gasteiger partial charge in [0.1, 0.15) is 16.5 Å². The maximum absolute atomic E-state index is 12.5. The molecule has 2 aromatic rings. The molecule has 1 aliphatic rings. The Bertz CT molecular complexity index is 836. The highest BCUT2D eigenvalue weighted by molar-refractivity contribution is 7.14. The lowest BCUT2D eigenvalue weighted by Gasteiger charge is -2.26. The maximum atomic E-state index is 12.5. The van der Waals surface area contributed by atoms with Crippen LogP contribution in [0.2, 0.25) is 0 Å². The van der Waals surface area contributed by atoms with E-state index in [1.54, 1.807) is 25.7 Å². The van der Waals surface area contributed by atoms with Gasteiger partial charge in [-0.15, -0.1) is 11.3 Å². The first-order chi connectivity index (χ1) is 13.0. The van der Waals surface area contributed by atoms with Crippen molar-refractivity contribution in [2.24, 2.45) is 5.73 Å². The summed E-state index contributed by atoms with van der Waals surface area (Å²) in [6, 6.07) is 7.39. The second-order valence-electron chi connectivity index (χ2n) is 6.31. The Morgan fingerprint density at radius 2 is 2.11 bits per heavy atom. The minimum Gasteiger partial charge on any atom is -0.497 e. The van der Waals surface area contributed by atoms with Gasteiger partial charge < -0.3 is 20.5 Å². The van der Waals surface area contributed by atoms with E-state index in [2.05, 4.69) is 10.2 Å². The molecular formula is C19H23N3O4S. The van der Waals surface area contributed by atoms with Crippen LogP contribution in [0.15, 0.2) is 29.6 Å². The zero-order valence-corrected chi connectivity index (χ0v) is 16.2. The summed E-state index contributed by atoms with van der Waals surface area (Å²) in [5.41, 5.74) is 6.68. The molecule has 144 valence electrons. The second-order valence-corrected chi connectivity index (χ2v) is 7.23. The minimum atomic E-state index is -0.549. The highest BCUT2D eigenvalue weighted by atomic mass is 32.1. The summed E-state index contributed by atoms with van der Waals surface area (Å²) >= 11 is 1.28. The molecule has 1 aromatic heterocycles. The first-order valence-corrected chi connectivity index (χ1v) is 9.54. The van der Waals surface area contributed by atoms with E-state index in [-0.39, 0.29) is 18.5 Å². The fraction of sp³-hybridized carbons (Fsp3) is 0.368. The number of benzene rings is 1. The third kappa shape index (κ3) is 4.23. The molecule has 0 spiro atoms. The van der Waals surface area contributed by atoms with Gasteiger partial charge in [-0.1, -0.05) is 0 Å². The average molecular weight is 389 g/mol. The number of rotatable bonds is 7. The summed E-state index contributed by atoms with van der Waals surface area (Å²) in [5, 5.41) is 5.02. The summed E-state index contributed by atoms with van der Waals surface area (Å²) in [6.07, 6.45) is 1.92. The number of anilines is 1. The number of nitrogens with one attached hydrogen (secondary N) is 1. The lowest BCUT2D eigenvalue weighted by Crippen LogP contribution is -2.33. The van der Waals surface area contributed by atoms with Crippen molar-refractivity contribution in [3.63, 3.8) is 0 Å². The molecule has 0 unspecified atom stereocenters. The Morgan fingerprint density at radius 3 is 2.81 bits per heavy atom. The minimum absolute atomic E-state index is 0.0692. The predicted molar refractivity (Wildman–Crippen MR) is 105 cm³/mol. The first-order valence-electron chi connectivity index (χ1n) is 8.66. The number of methoxy groups -OCH3 is 2. The molecule has 0 aliphatic carbocycles. The maximum Gasteiger partial charge on any atom is 0.251 e. The number of likely N-dealkylation sites (tertiary alicyclic amines) is 1. The number of carbonyl (C=O) groups is 2. The van der Waals surface area contributed by atoms with E-state index in [1.165, 1.54) is 11.3 Å². The number of carbonyl (C=O) groups excluding carboxylic acids is 2. The molecule has 0 saturated carbocycles. The molecule has 1 aromatic carbocycles. The summed E-state index contributed by atoms with van der Waals surface area (Å²) in [4.78, 5) is 26.1. The van der Waals surface area contributed by atoms with Crippen LogP contribution in [-0.4, -0.2) is 44.0 Å². The van der Waals surface area contributed by atoms with Gasteiger partial charge in [0, 0.05) is 11.6 Å². The Balaban J connectivity index is 1.74. The standard InChI is InChI=1S/C19H23N3O4S/c1-25-12-5-6-16(26-2)14(10-12)15-4-3-8-22(15)11-17(23)21-19-13(18(20)24)7-9-27-19/h5-7,9-10,15H,3-4,8,11H2,1-2H3,(H2,20,24)(H,21,23)/t15-/m0/s1. The van der Waals surface area contributed by atoms with Gasteiger partial charge >= 0.3 is 0 Å². The summed E-state index contributed by atoms with van der Waals surface area (Å²) in [6.45, 7) is 1.03. The van der Waals surface area contributed by atoms with Gasteiger partial charge in [0.15, 0.2) is 0 Å². The van der Waals surface area contributed by atoms with E-state index >= 15 is 0 Å². The van der Waals surface area contributed by atoms with E-state index < -0.39 is 5.91 Å². The highest BCUT2D eigenvalue weighted by Crippen LogP contribution is 2.38. The van der Waals surface area contributed by atoms with Gasteiger partial charge in [-0.05, 0) is 49.0 Å². The van der Waals surface area contributed by atoms with Crippen molar-refractivity contribution in [3.05, 3.63) is 40.8 Å². The molecule has 1 aliphatic heterocycles. The van der Waals surface area contributed by atoms with Gasteiger partial charge in [-0.3, -0.25) is 14.5 Å². The van der Waals surface area contributed by atoms with Crippen LogP contribution in [0.3, 0.4) is 0 Å². The number of nitrogens with two attached hydrogens (primary N) is 1. The third-order valence-electron chi connectivity index (χ3n) is 4.69. The Labute approximate surface area is 162 Å². The molecule has 0 bridgehead atoms. The van der Waals surface area contributed by atoms with E-state index in [4.69, 9.17) is 15.2 Å². The molecule has 7 nitrogen and oxygen atoms in total. The van der Waals surface area contributed by atoms with Crippen molar-refractivity contribution in [1.29, 1.82) is 0 Å². The van der Waals surface area contributed by atoms with Crippen molar-refractivity contribution < 1.29 is 19.1 Å². The Hall–Kier alpha value is -2.58. The second kappa shape index (κ2) is 8.41. The number of primary amides is 1. The molecule has 1 fully saturated rings.